The molecule has 2 N–H and O–H groups in total. The number of ether oxygens (including phenoxy) is 1. The van der Waals surface area contributed by atoms with Crippen LogP contribution in [0.15, 0.2) is 0 Å². The highest BCUT2D eigenvalue weighted by atomic mass is 16.5. The van der Waals surface area contributed by atoms with Crippen LogP contribution in [0.2, 0.25) is 0 Å². The normalized spacial score (nSPS) is 9.93. The lowest BCUT2D eigenvalue weighted by Crippen LogP contribution is -2.25. The topological polar surface area (TPSA) is 75.6 Å². The summed E-state index contributed by atoms with van der Waals surface area (Å²) in [7, 11) is 0. The van der Waals surface area contributed by atoms with Crippen LogP contribution in [0.3, 0.4) is 0 Å². The predicted octanol–water partition coefficient (Wildman–Crippen LogP) is 0.784. The van der Waals surface area contributed by atoms with Crippen molar-refractivity contribution in [3.05, 3.63) is 0 Å². The van der Waals surface area contributed by atoms with Crippen LogP contribution in [-0.4, -0.2) is 36.7 Å². The molecule has 0 aliphatic carbocycles. The molecular formula is C10H19NO4. The molecule has 15 heavy (non-hydrogen) atoms. The second-order valence-corrected chi connectivity index (χ2v) is 3.21. The highest BCUT2D eigenvalue weighted by Gasteiger charge is 2.01. The lowest BCUT2D eigenvalue weighted by atomic mass is 10.3. The van der Waals surface area contributed by atoms with E-state index in [4.69, 9.17) is 9.84 Å². The third kappa shape index (κ3) is 10.8. The summed E-state index contributed by atoms with van der Waals surface area (Å²) in [5.41, 5.74) is 0. The number of carbonyl (C=O) groups excluding carboxylic acids is 1. The van der Waals surface area contributed by atoms with E-state index in [0.29, 0.717) is 32.6 Å². The van der Waals surface area contributed by atoms with Crippen molar-refractivity contribution in [3.8, 4) is 0 Å². The quantitative estimate of drug-likeness (QED) is 0.560. The molecule has 0 bridgehead atoms. The molecule has 0 rings (SSSR count). The fourth-order valence-electron chi connectivity index (χ4n) is 0.967. The Hall–Kier alpha value is -1.10. The lowest BCUT2D eigenvalue weighted by Gasteiger charge is -2.04. The highest BCUT2D eigenvalue weighted by molar-refractivity contribution is 5.76. The molecule has 0 spiro atoms. The largest absolute Gasteiger partial charge is 0.481 e. The maximum absolute atomic E-state index is 11.1. The molecule has 5 heteroatoms. The van der Waals surface area contributed by atoms with Crippen LogP contribution in [0.4, 0.5) is 0 Å². The summed E-state index contributed by atoms with van der Waals surface area (Å²) >= 11 is 0. The van der Waals surface area contributed by atoms with E-state index in [1.165, 1.54) is 0 Å². The van der Waals surface area contributed by atoms with Crippen molar-refractivity contribution in [1.82, 2.24) is 5.32 Å². The number of nitrogens with one attached hydrogen (secondary N) is 1. The van der Waals surface area contributed by atoms with Gasteiger partial charge in [0, 0.05) is 26.0 Å². The van der Waals surface area contributed by atoms with E-state index in [9.17, 15) is 9.59 Å². The van der Waals surface area contributed by atoms with E-state index in [0.717, 1.165) is 6.42 Å². The number of carboxylic acid groups (broad SMARTS) is 1. The Morgan fingerprint density at radius 1 is 1.27 bits per heavy atom. The molecule has 0 saturated heterocycles. The predicted molar refractivity (Wildman–Crippen MR) is 55.6 cm³/mol. The molecule has 0 saturated carbocycles. The van der Waals surface area contributed by atoms with Gasteiger partial charge in [0.2, 0.25) is 5.91 Å². The zero-order chi connectivity index (χ0) is 11.5. The zero-order valence-corrected chi connectivity index (χ0v) is 9.12. The minimum atomic E-state index is -0.837. The molecule has 0 aromatic rings. The maximum atomic E-state index is 11.1. The van der Waals surface area contributed by atoms with Gasteiger partial charge in [0.15, 0.2) is 0 Å². The van der Waals surface area contributed by atoms with Crippen molar-refractivity contribution in [3.63, 3.8) is 0 Å². The van der Waals surface area contributed by atoms with Gasteiger partial charge in [-0.15, -0.1) is 0 Å². The standard InChI is InChI=1S/C10H19NO4/c1-2-7-15-8-5-9(12)11-6-3-4-10(13)14/h2-8H2,1H3,(H,11,12)(H,13,14). The first-order valence-electron chi connectivity index (χ1n) is 5.23. The van der Waals surface area contributed by atoms with Crippen LogP contribution in [0.25, 0.3) is 0 Å². The molecule has 0 aliphatic heterocycles. The summed E-state index contributed by atoms with van der Waals surface area (Å²) in [5.74, 6) is -0.924. The Morgan fingerprint density at radius 3 is 2.60 bits per heavy atom. The summed E-state index contributed by atoms with van der Waals surface area (Å²) in [6.45, 7) is 3.52. The lowest BCUT2D eigenvalue weighted by molar-refractivity contribution is -0.137. The van der Waals surface area contributed by atoms with E-state index in [2.05, 4.69) is 5.32 Å². The first-order chi connectivity index (χ1) is 7.16. The van der Waals surface area contributed by atoms with E-state index in [-0.39, 0.29) is 12.3 Å². The zero-order valence-electron chi connectivity index (χ0n) is 9.12. The monoisotopic (exact) mass is 217 g/mol. The Balaban J connectivity index is 3.22. The van der Waals surface area contributed by atoms with Crippen LogP contribution in [-0.2, 0) is 14.3 Å². The highest BCUT2D eigenvalue weighted by Crippen LogP contribution is 1.88. The summed E-state index contributed by atoms with van der Waals surface area (Å²) in [4.78, 5) is 21.3. The van der Waals surface area contributed by atoms with Gasteiger partial charge in [-0.3, -0.25) is 9.59 Å². The number of hydrogen-bond acceptors (Lipinski definition) is 3. The number of carbonyl (C=O) groups is 2. The van der Waals surface area contributed by atoms with Crippen LogP contribution in [0.1, 0.15) is 32.6 Å². The number of rotatable bonds is 9. The summed E-state index contributed by atoms with van der Waals surface area (Å²) in [6, 6.07) is 0. The molecular weight excluding hydrogens is 198 g/mol. The Kier molecular flexibility index (Phi) is 8.76. The van der Waals surface area contributed by atoms with Gasteiger partial charge in [-0.2, -0.15) is 0 Å². The first kappa shape index (κ1) is 13.9. The van der Waals surface area contributed by atoms with E-state index in [1.807, 2.05) is 6.92 Å². The van der Waals surface area contributed by atoms with Gasteiger partial charge < -0.3 is 15.2 Å². The molecule has 0 aliphatic rings. The number of hydrogen-bond donors (Lipinski definition) is 2. The van der Waals surface area contributed by atoms with Gasteiger partial charge in [0.1, 0.15) is 0 Å². The van der Waals surface area contributed by atoms with Gasteiger partial charge in [0.05, 0.1) is 6.61 Å². The fraction of sp³-hybridized carbons (Fsp3) is 0.800. The fourth-order valence-corrected chi connectivity index (χ4v) is 0.967. The number of carboxylic acids is 1. The van der Waals surface area contributed by atoms with Gasteiger partial charge >= 0.3 is 5.97 Å². The molecule has 0 heterocycles. The van der Waals surface area contributed by atoms with Crippen molar-refractivity contribution in [2.75, 3.05) is 19.8 Å². The van der Waals surface area contributed by atoms with Crippen molar-refractivity contribution in [2.24, 2.45) is 0 Å². The Labute approximate surface area is 89.8 Å². The van der Waals surface area contributed by atoms with Gasteiger partial charge in [-0.1, -0.05) is 6.92 Å². The minimum absolute atomic E-state index is 0.0866. The van der Waals surface area contributed by atoms with Crippen molar-refractivity contribution < 1.29 is 19.4 Å². The van der Waals surface area contributed by atoms with Crippen LogP contribution in [0.5, 0.6) is 0 Å². The smallest absolute Gasteiger partial charge is 0.303 e. The molecule has 0 unspecified atom stereocenters. The average molecular weight is 217 g/mol. The SMILES string of the molecule is CCCOCCC(=O)NCCCC(=O)O. The average Bonchev–Trinajstić information content (AvgIpc) is 2.19. The second kappa shape index (κ2) is 9.45. The summed E-state index contributed by atoms with van der Waals surface area (Å²) in [5, 5.41) is 11.0. The molecule has 0 aromatic heterocycles. The third-order valence-corrected chi connectivity index (χ3v) is 1.71. The first-order valence-corrected chi connectivity index (χ1v) is 5.23. The van der Waals surface area contributed by atoms with Gasteiger partial charge in [0.25, 0.3) is 0 Å². The van der Waals surface area contributed by atoms with E-state index < -0.39 is 5.97 Å². The minimum Gasteiger partial charge on any atom is -0.481 e. The van der Waals surface area contributed by atoms with Gasteiger partial charge in [-0.05, 0) is 12.8 Å². The molecule has 0 fully saturated rings. The summed E-state index contributed by atoms with van der Waals surface area (Å²) < 4.78 is 5.14. The number of amides is 1. The van der Waals surface area contributed by atoms with E-state index >= 15 is 0 Å². The Morgan fingerprint density at radius 2 is 2.00 bits per heavy atom. The molecule has 0 radical (unpaired) electrons. The van der Waals surface area contributed by atoms with E-state index in [1.54, 1.807) is 0 Å². The molecule has 1 amide bonds. The van der Waals surface area contributed by atoms with Gasteiger partial charge in [-0.25, -0.2) is 0 Å². The van der Waals surface area contributed by atoms with Crippen LogP contribution >= 0.6 is 0 Å². The number of aliphatic carboxylic acids is 1. The maximum Gasteiger partial charge on any atom is 0.303 e. The molecule has 88 valence electrons. The van der Waals surface area contributed by atoms with Crippen LogP contribution < -0.4 is 5.32 Å². The molecule has 0 aromatic carbocycles. The van der Waals surface area contributed by atoms with Crippen LogP contribution in [0, 0.1) is 0 Å². The van der Waals surface area contributed by atoms with Crippen molar-refractivity contribution >= 4 is 11.9 Å². The molecule has 0 atom stereocenters. The van der Waals surface area contributed by atoms with Crippen molar-refractivity contribution in [2.45, 2.75) is 32.6 Å². The van der Waals surface area contributed by atoms with Crippen molar-refractivity contribution in [1.29, 1.82) is 0 Å². The molecule has 5 nitrogen and oxygen atoms in total. The Bertz CT molecular complexity index is 194. The second-order valence-electron chi connectivity index (χ2n) is 3.21. The third-order valence-electron chi connectivity index (χ3n) is 1.71. The summed E-state index contributed by atoms with van der Waals surface area (Å²) in [6.07, 6.45) is 1.84.